The van der Waals surface area contributed by atoms with Gasteiger partial charge in [0, 0.05) is 11.0 Å². The maximum absolute atomic E-state index is 6.07. The molecule has 0 amide bonds. The van der Waals surface area contributed by atoms with E-state index in [0.29, 0.717) is 11.2 Å². The molecule has 0 N–H and O–H groups in total. The van der Waals surface area contributed by atoms with E-state index < -0.39 is 5.79 Å². The van der Waals surface area contributed by atoms with Crippen molar-refractivity contribution in [1.29, 1.82) is 0 Å². The molecule has 0 aliphatic carbocycles. The van der Waals surface area contributed by atoms with Gasteiger partial charge in [-0.15, -0.1) is 0 Å². The van der Waals surface area contributed by atoms with Crippen LogP contribution < -0.4 is 0 Å². The molecule has 3 heterocycles. The number of ether oxygens (including phenoxy) is 3. The van der Waals surface area contributed by atoms with E-state index in [1.165, 1.54) is 0 Å². The van der Waals surface area contributed by atoms with Crippen molar-refractivity contribution in [2.45, 2.75) is 63.0 Å². The van der Waals surface area contributed by atoms with Gasteiger partial charge in [-0.1, -0.05) is 0 Å². The lowest BCUT2D eigenvalue weighted by Crippen LogP contribution is -2.33. The Kier molecular flexibility index (Phi) is 2.79. The summed E-state index contributed by atoms with van der Waals surface area (Å²) in [5, 5.41) is 0.545. The minimum absolute atomic E-state index is 0.0400. The number of fused-ring (bicyclic) bond motifs is 1. The molecule has 0 saturated carbocycles. The standard InChI is InChI=1S/C13H22O3S/c1-12(2)5-8(6-14-12)11-10-9(7-17-11)15-13(3,4)16-10/h8-11H,5-7H2,1-4H3/t8-,9-,10+,11+/m1/s1. The topological polar surface area (TPSA) is 27.7 Å². The molecule has 0 spiro atoms. The number of thioether (sulfide) groups is 1. The molecule has 4 heteroatoms. The summed E-state index contributed by atoms with van der Waals surface area (Å²) in [7, 11) is 0. The minimum Gasteiger partial charge on any atom is -0.375 e. The molecular weight excluding hydrogens is 236 g/mol. The van der Waals surface area contributed by atoms with Crippen LogP contribution in [-0.2, 0) is 14.2 Å². The predicted molar refractivity (Wildman–Crippen MR) is 68.2 cm³/mol. The molecule has 0 bridgehead atoms. The molecule has 3 fully saturated rings. The highest BCUT2D eigenvalue weighted by atomic mass is 32.2. The number of hydrogen-bond acceptors (Lipinski definition) is 4. The van der Waals surface area contributed by atoms with Crippen molar-refractivity contribution in [3.8, 4) is 0 Å². The van der Waals surface area contributed by atoms with Gasteiger partial charge in [0.05, 0.1) is 18.3 Å². The fourth-order valence-electron chi connectivity index (χ4n) is 3.27. The van der Waals surface area contributed by atoms with Gasteiger partial charge < -0.3 is 14.2 Å². The van der Waals surface area contributed by atoms with E-state index in [0.717, 1.165) is 18.8 Å². The summed E-state index contributed by atoms with van der Waals surface area (Å²) >= 11 is 2.00. The van der Waals surface area contributed by atoms with E-state index in [9.17, 15) is 0 Å². The highest BCUT2D eigenvalue weighted by molar-refractivity contribution is 8.00. The average Bonchev–Trinajstić information content (AvgIpc) is 2.77. The Morgan fingerprint density at radius 2 is 1.88 bits per heavy atom. The van der Waals surface area contributed by atoms with Crippen molar-refractivity contribution in [3.63, 3.8) is 0 Å². The molecule has 0 unspecified atom stereocenters. The van der Waals surface area contributed by atoms with Gasteiger partial charge in [-0.3, -0.25) is 0 Å². The summed E-state index contributed by atoms with van der Waals surface area (Å²) in [5.41, 5.74) is 0.0400. The molecule has 4 atom stereocenters. The molecule has 0 aromatic rings. The zero-order valence-corrected chi connectivity index (χ0v) is 11.9. The summed E-state index contributed by atoms with van der Waals surface area (Å²) in [6.45, 7) is 9.27. The van der Waals surface area contributed by atoms with Gasteiger partial charge >= 0.3 is 0 Å². The van der Waals surface area contributed by atoms with Gasteiger partial charge in [0.1, 0.15) is 6.10 Å². The summed E-state index contributed by atoms with van der Waals surface area (Å²) in [6, 6.07) is 0. The summed E-state index contributed by atoms with van der Waals surface area (Å²) in [4.78, 5) is 0. The van der Waals surface area contributed by atoms with Gasteiger partial charge in [0.15, 0.2) is 5.79 Å². The Morgan fingerprint density at radius 1 is 1.12 bits per heavy atom. The van der Waals surface area contributed by atoms with Crippen LogP contribution in [0.5, 0.6) is 0 Å². The first-order valence-electron chi connectivity index (χ1n) is 6.48. The Hall–Kier alpha value is 0.230. The normalized spacial score (nSPS) is 47.3. The molecule has 0 aromatic carbocycles. The summed E-state index contributed by atoms with van der Waals surface area (Å²) in [5.74, 6) is 1.28. The van der Waals surface area contributed by atoms with Crippen LogP contribution in [0.2, 0.25) is 0 Å². The fourth-order valence-corrected chi connectivity index (χ4v) is 4.81. The third-order valence-electron chi connectivity index (χ3n) is 3.90. The molecule has 0 aromatic heterocycles. The molecular formula is C13H22O3S. The number of rotatable bonds is 1. The predicted octanol–water partition coefficient (Wildman–Crippen LogP) is 2.44. The van der Waals surface area contributed by atoms with Crippen molar-refractivity contribution in [1.82, 2.24) is 0 Å². The maximum Gasteiger partial charge on any atom is 0.163 e. The van der Waals surface area contributed by atoms with E-state index in [-0.39, 0.29) is 17.8 Å². The maximum atomic E-state index is 6.07. The quantitative estimate of drug-likeness (QED) is 0.722. The molecule has 3 rings (SSSR count). The molecule has 3 saturated heterocycles. The van der Waals surface area contributed by atoms with E-state index in [1.807, 2.05) is 25.6 Å². The highest BCUT2D eigenvalue weighted by Gasteiger charge is 2.53. The SMILES string of the molecule is CC1(C)C[C@@H]([C@@H]2SC[C@H]3OC(C)(C)O[C@H]23)CO1. The number of hydrogen-bond donors (Lipinski definition) is 0. The lowest BCUT2D eigenvalue weighted by atomic mass is 9.91. The molecule has 3 aliphatic rings. The lowest BCUT2D eigenvalue weighted by Gasteiger charge is -2.25. The van der Waals surface area contributed by atoms with Crippen molar-refractivity contribution in [3.05, 3.63) is 0 Å². The first-order valence-corrected chi connectivity index (χ1v) is 7.52. The molecule has 3 nitrogen and oxygen atoms in total. The third kappa shape index (κ3) is 2.25. The third-order valence-corrected chi connectivity index (χ3v) is 5.46. The Bertz CT molecular complexity index is 316. The van der Waals surface area contributed by atoms with Crippen LogP contribution in [0.4, 0.5) is 0 Å². The van der Waals surface area contributed by atoms with Gasteiger partial charge in [0.2, 0.25) is 0 Å². The highest BCUT2D eigenvalue weighted by Crippen LogP contribution is 2.47. The second kappa shape index (κ2) is 3.86. The molecule has 3 aliphatic heterocycles. The van der Waals surface area contributed by atoms with E-state index in [4.69, 9.17) is 14.2 Å². The summed E-state index contributed by atoms with van der Waals surface area (Å²) in [6.07, 6.45) is 1.68. The van der Waals surface area contributed by atoms with Crippen molar-refractivity contribution < 1.29 is 14.2 Å². The largest absolute Gasteiger partial charge is 0.375 e. The second-order valence-electron chi connectivity index (χ2n) is 6.47. The van der Waals surface area contributed by atoms with Gasteiger partial charge in [-0.05, 0) is 40.0 Å². The van der Waals surface area contributed by atoms with Gasteiger partial charge in [-0.25, -0.2) is 0 Å². The average molecular weight is 258 g/mol. The monoisotopic (exact) mass is 258 g/mol. The second-order valence-corrected chi connectivity index (χ2v) is 7.68. The Morgan fingerprint density at radius 3 is 2.53 bits per heavy atom. The smallest absolute Gasteiger partial charge is 0.163 e. The van der Waals surface area contributed by atoms with Crippen molar-refractivity contribution >= 4 is 11.8 Å². The van der Waals surface area contributed by atoms with E-state index in [1.54, 1.807) is 0 Å². The van der Waals surface area contributed by atoms with Gasteiger partial charge in [0.25, 0.3) is 0 Å². The van der Waals surface area contributed by atoms with Crippen molar-refractivity contribution in [2.24, 2.45) is 5.92 Å². The fraction of sp³-hybridized carbons (Fsp3) is 1.00. The van der Waals surface area contributed by atoms with Crippen molar-refractivity contribution in [2.75, 3.05) is 12.4 Å². The van der Waals surface area contributed by atoms with Crippen LogP contribution >= 0.6 is 11.8 Å². The molecule has 0 radical (unpaired) electrons. The zero-order valence-electron chi connectivity index (χ0n) is 11.1. The molecule has 17 heavy (non-hydrogen) atoms. The van der Waals surface area contributed by atoms with Crippen LogP contribution in [0.1, 0.15) is 34.1 Å². The van der Waals surface area contributed by atoms with Crippen LogP contribution in [0.3, 0.4) is 0 Å². The van der Waals surface area contributed by atoms with Crippen LogP contribution in [0.25, 0.3) is 0 Å². The zero-order chi connectivity index (χ0) is 12.3. The molecule has 98 valence electrons. The van der Waals surface area contributed by atoms with Crippen LogP contribution in [0, 0.1) is 5.92 Å². The Labute approximate surface area is 108 Å². The first kappa shape index (κ1) is 12.3. The summed E-state index contributed by atoms with van der Waals surface area (Å²) < 4.78 is 17.9. The Balaban J connectivity index is 1.70. The minimum atomic E-state index is -0.399. The first-order chi connectivity index (χ1) is 7.86. The van der Waals surface area contributed by atoms with Crippen LogP contribution in [0.15, 0.2) is 0 Å². The van der Waals surface area contributed by atoms with Gasteiger partial charge in [-0.2, -0.15) is 11.8 Å². The van der Waals surface area contributed by atoms with Crippen LogP contribution in [-0.4, -0.2) is 41.2 Å². The van der Waals surface area contributed by atoms with E-state index >= 15 is 0 Å². The lowest BCUT2D eigenvalue weighted by molar-refractivity contribution is -0.146. The van der Waals surface area contributed by atoms with E-state index in [2.05, 4.69) is 13.8 Å².